The minimum Gasteiger partial charge on any atom is -0.332 e. The summed E-state index contributed by atoms with van der Waals surface area (Å²) in [4.78, 5) is 25.5. The predicted molar refractivity (Wildman–Crippen MR) is 79.9 cm³/mol. The van der Waals surface area contributed by atoms with Gasteiger partial charge in [-0.1, -0.05) is 0 Å². The Bertz CT molecular complexity index is 647. The van der Waals surface area contributed by atoms with E-state index in [9.17, 15) is 9.59 Å². The lowest BCUT2D eigenvalue weighted by Gasteiger charge is -2.26. The summed E-state index contributed by atoms with van der Waals surface area (Å²) in [7, 11) is 0. The number of hydrogen-bond donors (Lipinski definition) is 2. The quantitative estimate of drug-likeness (QED) is 0.777. The van der Waals surface area contributed by atoms with Gasteiger partial charge in [0.25, 0.3) is 0 Å². The van der Waals surface area contributed by atoms with Crippen molar-refractivity contribution in [3.05, 3.63) is 29.6 Å². The first kappa shape index (κ1) is 13.1. The van der Waals surface area contributed by atoms with Crippen molar-refractivity contribution < 1.29 is 9.59 Å². The van der Waals surface area contributed by atoms with Crippen LogP contribution in [0.2, 0.25) is 0 Å². The van der Waals surface area contributed by atoms with E-state index in [1.165, 1.54) is 0 Å². The van der Waals surface area contributed by atoms with Gasteiger partial charge in [-0.2, -0.15) is 0 Å². The van der Waals surface area contributed by atoms with Crippen LogP contribution in [0, 0.1) is 0 Å². The fraction of sp³-hybridized carbons (Fsp3) is 0.286. The topological polar surface area (TPSA) is 61.4 Å². The van der Waals surface area contributed by atoms with Gasteiger partial charge in [-0.05, 0) is 35.0 Å². The molecule has 0 saturated carbocycles. The molecular weight excluding hydrogens is 274 g/mol. The van der Waals surface area contributed by atoms with Crippen LogP contribution in [0.5, 0.6) is 0 Å². The second-order valence-corrected chi connectivity index (χ2v) is 5.62. The van der Waals surface area contributed by atoms with Crippen LogP contribution >= 0.6 is 11.3 Å². The molecule has 2 aromatic rings. The van der Waals surface area contributed by atoms with Crippen molar-refractivity contribution in [1.29, 1.82) is 0 Å². The third-order valence-electron chi connectivity index (χ3n) is 3.31. The van der Waals surface area contributed by atoms with Crippen molar-refractivity contribution in [2.45, 2.75) is 0 Å². The number of thiophene rings is 1. The van der Waals surface area contributed by atoms with Crippen molar-refractivity contribution in [2.24, 2.45) is 0 Å². The number of hydrogen-bond acceptors (Lipinski definition) is 4. The Balaban J connectivity index is 1.69. The van der Waals surface area contributed by atoms with Crippen molar-refractivity contribution >= 4 is 38.9 Å². The van der Waals surface area contributed by atoms with E-state index in [2.05, 4.69) is 10.6 Å². The van der Waals surface area contributed by atoms with Crippen LogP contribution in [0.25, 0.3) is 10.1 Å². The average molecular weight is 289 g/mol. The molecule has 3 rings (SSSR count). The number of anilines is 1. The molecule has 6 heteroatoms. The van der Waals surface area contributed by atoms with Crippen LogP contribution in [0.15, 0.2) is 29.6 Å². The molecule has 2 N–H and O–H groups in total. The monoisotopic (exact) mass is 289 g/mol. The first-order valence-corrected chi connectivity index (χ1v) is 7.40. The fourth-order valence-corrected chi connectivity index (χ4v) is 3.01. The number of benzene rings is 1. The smallest absolute Gasteiger partial charge is 0.313 e. The molecule has 1 aliphatic heterocycles. The maximum absolute atomic E-state index is 12.0. The molecule has 0 atom stereocenters. The summed E-state index contributed by atoms with van der Waals surface area (Å²) >= 11 is 1.65. The normalized spacial score (nSPS) is 15.3. The van der Waals surface area contributed by atoms with E-state index in [0.29, 0.717) is 18.8 Å². The molecule has 1 aromatic heterocycles. The predicted octanol–water partition coefficient (Wildman–Crippen LogP) is 1.27. The van der Waals surface area contributed by atoms with Crippen LogP contribution in [0.1, 0.15) is 0 Å². The molecule has 0 bridgehead atoms. The molecule has 2 amide bonds. The molecule has 1 aliphatic rings. The lowest BCUT2D eigenvalue weighted by Crippen LogP contribution is -2.49. The van der Waals surface area contributed by atoms with Gasteiger partial charge in [-0.25, -0.2) is 0 Å². The summed E-state index contributed by atoms with van der Waals surface area (Å²) in [5.74, 6) is -1.03. The molecule has 0 aliphatic carbocycles. The van der Waals surface area contributed by atoms with Gasteiger partial charge in [0.05, 0.1) is 0 Å². The Morgan fingerprint density at radius 3 is 2.80 bits per heavy atom. The van der Waals surface area contributed by atoms with E-state index < -0.39 is 11.8 Å². The number of carbonyl (C=O) groups excluding carboxylic acids is 2. The summed E-state index contributed by atoms with van der Waals surface area (Å²) < 4.78 is 1.16. The minimum absolute atomic E-state index is 0.461. The SMILES string of the molecule is O=C(Nc1ccc2sccc2c1)C(=O)N1CCNCC1. The van der Waals surface area contributed by atoms with Gasteiger partial charge in [-0.3, -0.25) is 9.59 Å². The minimum atomic E-state index is -0.568. The zero-order valence-corrected chi connectivity index (χ0v) is 11.7. The Morgan fingerprint density at radius 2 is 2.00 bits per heavy atom. The highest BCUT2D eigenvalue weighted by Crippen LogP contribution is 2.23. The summed E-state index contributed by atoms with van der Waals surface area (Å²) in [6.07, 6.45) is 0. The fourth-order valence-electron chi connectivity index (χ4n) is 2.24. The third kappa shape index (κ3) is 2.66. The largest absolute Gasteiger partial charge is 0.332 e. The number of carbonyl (C=O) groups is 2. The zero-order chi connectivity index (χ0) is 13.9. The molecule has 2 heterocycles. The molecule has 104 valence electrons. The number of amides is 2. The van der Waals surface area contributed by atoms with Gasteiger partial charge in [0.1, 0.15) is 0 Å². The maximum atomic E-state index is 12.0. The Kier molecular flexibility index (Phi) is 3.66. The van der Waals surface area contributed by atoms with Crippen LogP contribution < -0.4 is 10.6 Å². The van der Waals surface area contributed by atoms with Crippen LogP contribution in [0.4, 0.5) is 5.69 Å². The first-order valence-electron chi connectivity index (χ1n) is 6.52. The molecular formula is C14H15N3O2S. The number of piperazine rings is 1. The molecule has 1 aromatic carbocycles. The highest BCUT2D eigenvalue weighted by molar-refractivity contribution is 7.17. The van der Waals surface area contributed by atoms with Gasteiger partial charge < -0.3 is 15.5 Å². The molecule has 1 saturated heterocycles. The second-order valence-electron chi connectivity index (χ2n) is 4.67. The molecule has 0 unspecified atom stereocenters. The highest BCUT2D eigenvalue weighted by atomic mass is 32.1. The molecule has 0 spiro atoms. The van der Waals surface area contributed by atoms with Gasteiger partial charge in [-0.15, -0.1) is 11.3 Å². The van der Waals surface area contributed by atoms with Gasteiger partial charge in [0.2, 0.25) is 0 Å². The van der Waals surface area contributed by atoms with Crippen molar-refractivity contribution in [3.63, 3.8) is 0 Å². The lowest BCUT2D eigenvalue weighted by atomic mass is 10.2. The van der Waals surface area contributed by atoms with Gasteiger partial charge >= 0.3 is 11.8 Å². The number of rotatable bonds is 1. The molecule has 20 heavy (non-hydrogen) atoms. The number of nitrogens with zero attached hydrogens (tertiary/aromatic N) is 1. The summed E-state index contributed by atoms with van der Waals surface area (Å²) in [5, 5.41) is 8.90. The first-order chi connectivity index (χ1) is 9.74. The highest BCUT2D eigenvalue weighted by Gasteiger charge is 2.23. The van der Waals surface area contributed by atoms with E-state index in [0.717, 1.165) is 23.2 Å². The summed E-state index contributed by atoms with van der Waals surface area (Å²) in [5.41, 5.74) is 0.657. The number of fused-ring (bicyclic) bond motifs is 1. The lowest BCUT2D eigenvalue weighted by molar-refractivity contribution is -0.143. The molecule has 5 nitrogen and oxygen atoms in total. The van der Waals surface area contributed by atoms with E-state index >= 15 is 0 Å². The summed E-state index contributed by atoms with van der Waals surface area (Å²) in [6, 6.07) is 7.65. The van der Waals surface area contributed by atoms with Gasteiger partial charge in [0.15, 0.2) is 0 Å². The van der Waals surface area contributed by atoms with Crippen LogP contribution in [-0.2, 0) is 9.59 Å². The molecule has 1 fully saturated rings. The maximum Gasteiger partial charge on any atom is 0.313 e. The van der Waals surface area contributed by atoms with E-state index in [1.54, 1.807) is 16.2 Å². The Morgan fingerprint density at radius 1 is 1.20 bits per heavy atom. The van der Waals surface area contributed by atoms with E-state index in [4.69, 9.17) is 0 Å². The van der Waals surface area contributed by atoms with E-state index in [1.807, 2.05) is 29.6 Å². The summed E-state index contributed by atoms with van der Waals surface area (Å²) in [6.45, 7) is 2.63. The second kappa shape index (κ2) is 5.60. The zero-order valence-electron chi connectivity index (χ0n) is 10.9. The molecule has 0 radical (unpaired) electrons. The average Bonchev–Trinajstić information content (AvgIpc) is 2.95. The standard InChI is InChI=1S/C14H15N3O2S/c18-13(14(19)17-6-4-15-5-7-17)16-11-1-2-12-10(9-11)3-8-20-12/h1-3,8-9,15H,4-7H2,(H,16,18). The number of nitrogens with one attached hydrogen (secondary N) is 2. The van der Waals surface area contributed by atoms with Crippen molar-refractivity contribution in [2.75, 3.05) is 31.5 Å². The Labute approximate surface area is 120 Å². The third-order valence-corrected chi connectivity index (χ3v) is 4.21. The van der Waals surface area contributed by atoms with Crippen LogP contribution in [0.3, 0.4) is 0 Å². The van der Waals surface area contributed by atoms with Crippen molar-refractivity contribution in [1.82, 2.24) is 10.2 Å². The van der Waals surface area contributed by atoms with Crippen LogP contribution in [-0.4, -0.2) is 42.9 Å². The van der Waals surface area contributed by atoms with Gasteiger partial charge in [0, 0.05) is 36.6 Å². The Hall–Kier alpha value is -1.92. The van der Waals surface area contributed by atoms with E-state index in [-0.39, 0.29) is 0 Å². The van der Waals surface area contributed by atoms with Crippen molar-refractivity contribution in [3.8, 4) is 0 Å².